The highest BCUT2D eigenvalue weighted by Crippen LogP contribution is 2.28. The highest BCUT2D eigenvalue weighted by Gasteiger charge is 2.24. The third kappa shape index (κ3) is 4.59. The summed E-state index contributed by atoms with van der Waals surface area (Å²) >= 11 is 0. The Labute approximate surface area is 135 Å². The molecule has 1 aromatic rings. The fourth-order valence-corrected chi connectivity index (χ4v) is 2.46. The standard InChI is InChI=1S/C16H22N2O5/c1-10(12-4-3-7-22-12)18-16(20)11-5-6-13(14(8-11)21-2)23-9-15(17)19/h5-6,8,10,12H,3-4,7,9H2,1-2H3,(H2,17,19)(H,18,20). The lowest BCUT2D eigenvalue weighted by Crippen LogP contribution is -2.40. The molecule has 2 atom stereocenters. The Hall–Kier alpha value is -2.28. The van der Waals surface area contributed by atoms with Gasteiger partial charge in [0, 0.05) is 12.2 Å². The Morgan fingerprint density at radius 2 is 2.22 bits per heavy atom. The second kappa shape index (κ2) is 7.82. The van der Waals surface area contributed by atoms with E-state index in [0.29, 0.717) is 17.1 Å². The van der Waals surface area contributed by atoms with Crippen molar-refractivity contribution in [2.75, 3.05) is 20.3 Å². The lowest BCUT2D eigenvalue weighted by Gasteiger charge is -2.20. The van der Waals surface area contributed by atoms with Crippen LogP contribution in [0.4, 0.5) is 0 Å². The third-order valence-corrected chi connectivity index (χ3v) is 3.68. The Balaban J connectivity index is 2.03. The van der Waals surface area contributed by atoms with Crippen molar-refractivity contribution in [1.82, 2.24) is 5.32 Å². The summed E-state index contributed by atoms with van der Waals surface area (Å²) in [6.45, 7) is 2.41. The first-order chi connectivity index (χ1) is 11.0. The largest absolute Gasteiger partial charge is 0.493 e. The summed E-state index contributed by atoms with van der Waals surface area (Å²) in [5, 5.41) is 2.92. The summed E-state index contributed by atoms with van der Waals surface area (Å²) in [5.74, 6) is -0.0780. The average molecular weight is 322 g/mol. The van der Waals surface area contributed by atoms with Gasteiger partial charge in [0.2, 0.25) is 0 Å². The Bertz CT molecular complexity index is 570. The van der Waals surface area contributed by atoms with E-state index in [0.717, 1.165) is 19.4 Å². The zero-order chi connectivity index (χ0) is 16.8. The summed E-state index contributed by atoms with van der Waals surface area (Å²) < 4.78 is 16.0. The first-order valence-corrected chi connectivity index (χ1v) is 7.53. The van der Waals surface area contributed by atoms with Crippen molar-refractivity contribution < 1.29 is 23.8 Å². The molecule has 1 saturated heterocycles. The van der Waals surface area contributed by atoms with Gasteiger partial charge in [-0.3, -0.25) is 9.59 Å². The predicted octanol–water partition coefficient (Wildman–Crippen LogP) is 0.857. The molecule has 0 aliphatic carbocycles. The van der Waals surface area contributed by atoms with Gasteiger partial charge < -0.3 is 25.3 Å². The molecule has 2 unspecified atom stereocenters. The number of primary amides is 1. The van der Waals surface area contributed by atoms with Crippen LogP contribution in [-0.4, -0.2) is 44.3 Å². The van der Waals surface area contributed by atoms with Gasteiger partial charge in [0.15, 0.2) is 18.1 Å². The highest BCUT2D eigenvalue weighted by molar-refractivity contribution is 5.95. The maximum Gasteiger partial charge on any atom is 0.255 e. The minimum absolute atomic E-state index is 0.0546. The maximum absolute atomic E-state index is 12.3. The van der Waals surface area contributed by atoms with Crippen molar-refractivity contribution in [3.63, 3.8) is 0 Å². The molecular formula is C16H22N2O5. The lowest BCUT2D eigenvalue weighted by atomic mass is 10.1. The SMILES string of the molecule is COc1cc(C(=O)NC(C)C2CCCO2)ccc1OCC(N)=O. The number of hydrogen-bond donors (Lipinski definition) is 2. The first-order valence-electron chi connectivity index (χ1n) is 7.53. The predicted molar refractivity (Wildman–Crippen MR) is 83.6 cm³/mol. The molecular weight excluding hydrogens is 300 g/mol. The Morgan fingerprint density at radius 3 is 2.83 bits per heavy atom. The van der Waals surface area contributed by atoms with Crippen LogP contribution in [0.15, 0.2) is 18.2 Å². The van der Waals surface area contributed by atoms with Crippen LogP contribution in [0.25, 0.3) is 0 Å². The number of methoxy groups -OCH3 is 1. The molecule has 1 aromatic carbocycles. The molecule has 0 saturated carbocycles. The van der Waals surface area contributed by atoms with Gasteiger partial charge in [-0.15, -0.1) is 0 Å². The van der Waals surface area contributed by atoms with Gasteiger partial charge in [-0.1, -0.05) is 0 Å². The highest BCUT2D eigenvalue weighted by atomic mass is 16.5. The van der Waals surface area contributed by atoms with E-state index in [9.17, 15) is 9.59 Å². The normalized spacial score (nSPS) is 18.3. The van der Waals surface area contributed by atoms with Gasteiger partial charge in [-0.25, -0.2) is 0 Å². The molecule has 0 aromatic heterocycles. The number of nitrogens with two attached hydrogens (primary N) is 1. The monoisotopic (exact) mass is 322 g/mol. The van der Waals surface area contributed by atoms with Crippen molar-refractivity contribution in [3.8, 4) is 11.5 Å². The molecule has 1 heterocycles. The van der Waals surface area contributed by atoms with Crippen molar-refractivity contribution in [1.29, 1.82) is 0 Å². The number of nitrogens with one attached hydrogen (secondary N) is 1. The molecule has 126 valence electrons. The Kier molecular flexibility index (Phi) is 5.81. The summed E-state index contributed by atoms with van der Waals surface area (Å²) in [5.41, 5.74) is 5.49. The van der Waals surface area contributed by atoms with Gasteiger partial charge in [0.1, 0.15) is 0 Å². The fourth-order valence-electron chi connectivity index (χ4n) is 2.46. The molecule has 0 spiro atoms. The molecule has 0 bridgehead atoms. The number of amides is 2. The van der Waals surface area contributed by atoms with Crippen LogP contribution in [0.1, 0.15) is 30.1 Å². The van der Waals surface area contributed by atoms with Gasteiger partial charge in [-0.05, 0) is 38.0 Å². The number of benzene rings is 1. The number of rotatable bonds is 7. The van der Waals surface area contributed by atoms with E-state index in [2.05, 4.69) is 5.32 Å². The minimum atomic E-state index is -0.584. The van der Waals surface area contributed by atoms with Gasteiger partial charge in [0.05, 0.1) is 19.3 Å². The molecule has 1 aliphatic rings. The van der Waals surface area contributed by atoms with E-state index in [1.165, 1.54) is 7.11 Å². The fraction of sp³-hybridized carbons (Fsp3) is 0.500. The van der Waals surface area contributed by atoms with E-state index < -0.39 is 5.91 Å². The zero-order valence-corrected chi connectivity index (χ0v) is 13.3. The van der Waals surface area contributed by atoms with Crippen molar-refractivity contribution in [2.45, 2.75) is 31.9 Å². The quantitative estimate of drug-likeness (QED) is 0.775. The summed E-state index contributed by atoms with van der Waals surface area (Å²) in [7, 11) is 1.46. The molecule has 23 heavy (non-hydrogen) atoms. The van der Waals surface area contributed by atoms with E-state index in [4.69, 9.17) is 19.9 Å². The molecule has 7 heteroatoms. The molecule has 1 aliphatic heterocycles. The smallest absolute Gasteiger partial charge is 0.255 e. The first kappa shape index (κ1) is 17.1. The van der Waals surface area contributed by atoms with Crippen LogP contribution in [-0.2, 0) is 9.53 Å². The molecule has 7 nitrogen and oxygen atoms in total. The lowest BCUT2D eigenvalue weighted by molar-refractivity contribution is -0.119. The summed E-state index contributed by atoms with van der Waals surface area (Å²) in [6.07, 6.45) is 2.02. The molecule has 0 radical (unpaired) electrons. The van der Waals surface area contributed by atoms with Crippen LogP contribution in [0.3, 0.4) is 0 Å². The van der Waals surface area contributed by atoms with Crippen molar-refractivity contribution in [2.24, 2.45) is 5.73 Å². The molecule has 1 fully saturated rings. The Morgan fingerprint density at radius 1 is 1.43 bits per heavy atom. The minimum Gasteiger partial charge on any atom is -0.493 e. The third-order valence-electron chi connectivity index (χ3n) is 3.68. The second-order valence-corrected chi connectivity index (χ2v) is 5.43. The molecule has 2 amide bonds. The number of carbonyl (C=O) groups excluding carboxylic acids is 2. The van der Waals surface area contributed by atoms with Gasteiger partial charge in [-0.2, -0.15) is 0 Å². The van der Waals surface area contributed by atoms with Crippen LogP contribution in [0.5, 0.6) is 11.5 Å². The van der Waals surface area contributed by atoms with Crippen LogP contribution in [0, 0.1) is 0 Å². The van der Waals surface area contributed by atoms with Crippen molar-refractivity contribution >= 4 is 11.8 Å². The number of ether oxygens (including phenoxy) is 3. The van der Waals surface area contributed by atoms with E-state index in [1.807, 2.05) is 6.92 Å². The molecule has 3 N–H and O–H groups in total. The van der Waals surface area contributed by atoms with E-state index in [-0.39, 0.29) is 24.7 Å². The van der Waals surface area contributed by atoms with Crippen LogP contribution >= 0.6 is 0 Å². The van der Waals surface area contributed by atoms with E-state index in [1.54, 1.807) is 18.2 Å². The average Bonchev–Trinajstić information content (AvgIpc) is 3.07. The van der Waals surface area contributed by atoms with Gasteiger partial charge in [0.25, 0.3) is 11.8 Å². The van der Waals surface area contributed by atoms with Crippen LogP contribution < -0.4 is 20.5 Å². The zero-order valence-electron chi connectivity index (χ0n) is 13.3. The van der Waals surface area contributed by atoms with Crippen molar-refractivity contribution in [3.05, 3.63) is 23.8 Å². The second-order valence-electron chi connectivity index (χ2n) is 5.43. The topological polar surface area (TPSA) is 99.9 Å². The summed E-state index contributed by atoms with van der Waals surface area (Å²) in [6, 6.07) is 4.68. The molecule has 2 rings (SSSR count). The number of hydrogen-bond acceptors (Lipinski definition) is 5. The van der Waals surface area contributed by atoms with E-state index >= 15 is 0 Å². The summed E-state index contributed by atoms with van der Waals surface area (Å²) in [4.78, 5) is 23.1. The van der Waals surface area contributed by atoms with Crippen LogP contribution in [0.2, 0.25) is 0 Å². The van der Waals surface area contributed by atoms with Gasteiger partial charge >= 0.3 is 0 Å². The number of carbonyl (C=O) groups is 2. The maximum atomic E-state index is 12.3.